The molecule has 1 aromatic carbocycles. The summed E-state index contributed by atoms with van der Waals surface area (Å²) in [4.78, 5) is 14.3. The third kappa shape index (κ3) is 3.82. The molecule has 24 heavy (non-hydrogen) atoms. The van der Waals surface area contributed by atoms with Crippen molar-refractivity contribution < 1.29 is 4.79 Å². The van der Waals surface area contributed by atoms with Crippen LogP contribution >= 0.6 is 11.6 Å². The van der Waals surface area contributed by atoms with Crippen LogP contribution in [0.4, 0.5) is 10.5 Å². The topological polar surface area (TPSA) is 62.2 Å². The average molecular weight is 348 g/mol. The minimum Gasteiger partial charge on any atom is -0.369 e. The van der Waals surface area contributed by atoms with Crippen molar-refractivity contribution in [2.24, 2.45) is 7.05 Å². The molecule has 0 spiro atoms. The minimum absolute atomic E-state index is 0.138. The van der Waals surface area contributed by atoms with Crippen molar-refractivity contribution in [3.8, 4) is 0 Å². The van der Waals surface area contributed by atoms with Crippen molar-refractivity contribution in [2.75, 3.05) is 18.0 Å². The van der Waals surface area contributed by atoms with Crippen molar-refractivity contribution in [1.29, 1.82) is 0 Å². The molecule has 0 bridgehead atoms. The Balaban J connectivity index is 1.48. The molecule has 1 aromatic heterocycles. The highest BCUT2D eigenvalue weighted by atomic mass is 35.5. The van der Waals surface area contributed by atoms with Gasteiger partial charge in [-0.1, -0.05) is 17.7 Å². The van der Waals surface area contributed by atoms with E-state index < -0.39 is 0 Å². The monoisotopic (exact) mass is 347 g/mol. The Hall–Kier alpha value is -2.21. The lowest BCUT2D eigenvalue weighted by molar-refractivity contribution is 0.237. The highest BCUT2D eigenvalue weighted by molar-refractivity contribution is 6.30. The lowest BCUT2D eigenvalue weighted by Crippen LogP contribution is -2.43. The molecule has 0 aliphatic carbocycles. The van der Waals surface area contributed by atoms with Gasteiger partial charge in [0.1, 0.15) is 0 Å². The lowest BCUT2D eigenvalue weighted by Gasteiger charge is -2.19. The molecule has 0 unspecified atom stereocenters. The number of carbonyl (C=O) groups is 1. The van der Waals surface area contributed by atoms with Crippen LogP contribution in [0.5, 0.6) is 0 Å². The van der Waals surface area contributed by atoms with E-state index in [0.29, 0.717) is 6.54 Å². The molecule has 1 saturated heterocycles. The van der Waals surface area contributed by atoms with Gasteiger partial charge in [0.2, 0.25) is 0 Å². The second-order valence-electron chi connectivity index (χ2n) is 6.12. The molecule has 128 valence electrons. The van der Waals surface area contributed by atoms with Crippen LogP contribution in [0.15, 0.2) is 30.5 Å². The summed E-state index contributed by atoms with van der Waals surface area (Å²) in [6, 6.07) is 7.80. The van der Waals surface area contributed by atoms with Crippen LogP contribution in [0, 0.1) is 6.92 Å². The molecule has 1 aliphatic rings. The summed E-state index contributed by atoms with van der Waals surface area (Å²) in [6.45, 7) is 4.17. The van der Waals surface area contributed by atoms with Gasteiger partial charge in [0.15, 0.2) is 0 Å². The number of amides is 2. The van der Waals surface area contributed by atoms with Crippen LogP contribution in [0.1, 0.15) is 17.7 Å². The van der Waals surface area contributed by atoms with E-state index in [4.69, 9.17) is 11.6 Å². The van der Waals surface area contributed by atoms with Crippen molar-refractivity contribution in [3.63, 3.8) is 0 Å². The van der Waals surface area contributed by atoms with E-state index in [1.54, 1.807) is 10.9 Å². The SMILES string of the molecule is Cc1c(CNC(=O)N[C@H]2CCN(c3cccc(Cl)c3)C2)cnn1C. The zero-order valence-electron chi connectivity index (χ0n) is 13.9. The number of halogens is 1. The Morgan fingerprint density at radius 1 is 1.46 bits per heavy atom. The Morgan fingerprint density at radius 3 is 3.00 bits per heavy atom. The molecule has 0 saturated carbocycles. The number of hydrogen-bond acceptors (Lipinski definition) is 3. The van der Waals surface area contributed by atoms with Gasteiger partial charge in [0.05, 0.1) is 6.20 Å². The maximum absolute atomic E-state index is 12.1. The maximum Gasteiger partial charge on any atom is 0.315 e. The number of rotatable bonds is 4. The minimum atomic E-state index is -0.142. The first-order valence-corrected chi connectivity index (χ1v) is 8.43. The highest BCUT2D eigenvalue weighted by Gasteiger charge is 2.24. The maximum atomic E-state index is 12.1. The number of anilines is 1. The van der Waals surface area contributed by atoms with Gasteiger partial charge in [0.25, 0.3) is 0 Å². The molecule has 7 heteroatoms. The molecule has 1 atom stereocenters. The fourth-order valence-electron chi connectivity index (χ4n) is 2.92. The fraction of sp³-hybridized carbons (Fsp3) is 0.412. The molecule has 2 aromatic rings. The standard InChI is InChI=1S/C17H22ClN5O/c1-12-13(10-20-22(12)2)9-19-17(24)21-15-6-7-23(11-15)16-5-3-4-14(18)8-16/h3-5,8,10,15H,6-7,9,11H2,1-2H3,(H2,19,21,24)/t15-/m0/s1. The Bertz CT molecular complexity index is 730. The van der Waals surface area contributed by atoms with Gasteiger partial charge in [-0.3, -0.25) is 4.68 Å². The summed E-state index contributed by atoms with van der Waals surface area (Å²) in [5.41, 5.74) is 3.18. The van der Waals surface area contributed by atoms with Crippen LogP contribution in [-0.4, -0.2) is 34.9 Å². The summed E-state index contributed by atoms with van der Waals surface area (Å²) in [5.74, 6) is 0. The van der Waals surface area contributed by atoms with E-state index >= 15 is 0 Å². The van der Waals surface area contributed by atoms with Crippen molar-refractivity contribution >= 4 is 23.3 Å². The van der Waals surface area contributed by atoms with E-state index in [1.165, 1.54) is 0 Å². The molecule has 2 heterocycles. The molecule has 6 nitrogen and oxygen atoms in total. The fourth-order valence-corrected chi connectivity index (χ4v) is 3.10. The molecule has 2 amide bonds. The Labute approximate surface area is 146 Å². The zero-order valence-corrected chi connectivity index (χ0v) is 14.7. The first-order valence-electron chi connectivity index (χ1n) is 8.05. The number of nitrogens with one attached hydrogen (secondary N) is 2. The molecule has 1 aliphatic heterocycles. The van der Waals surface area contributed by atoms with Crippen LogP contribution in [0.2, 0.25) is 5.02 Å². The summed E-state index contributed by atoms with van der Waals surface area (Å²) in [5, 5.41) is 10.8. The van der Waals surface area contributed by atoms with Gasteiger partial charge in [0, 0.05) is 54.7 Å². The van der Waals surface area contributed by atoms with Crippen LogP contribution < -0.4 is 15.5 Å². The Morgan fingerprint density at radius 2 is 2.29 bits per heavy atom. The molecule has 1 fully saturated rings. The van der Waals surface area contributed by atoms with E-state index in [0.717, 1.165) is 41.5 Å². The number of aryl methyl sites for hydroxylation is 1. The van der Waals surface area contributed by atoms with Gasteiger partial charge in [-0.05, 0) is 31.5 Å². The van der Waals surface area contributed by atoms with Crippen molar-refractivity contribution in [2.45, 2.75) is 25.9 Å². The first kappa shape index (κ1) is 16.6. The number of aromatic nitrogens is 2. The molecule has 2 N–H and O–H groups in total. The molecule has 0 radical (unpaired) electrons. The first-order chi connectivity index (χ1) is 11.5. The summed E-state index contributed by atoms with van der Waals surface area (Å²) < 4.78 is 1.80. The van der Waals surface area contributed by atoms with Gasteiger partial charge in [-0.2, -0.15) is 5.10 Å². The van der Waals surface area contributed by atoms with E-state index in [2.05, 4.69) is 20.6 Å². The van der Waals surface area contributed by atoms with Crippen LogP contribution in [0.25, 0.3) is 0 Å². The molecular formula is C17H22ClN5O. The summed E-state index contributed by atoms with van der Waals surface area (Å²) >= 11 is 6.04. The number of nitrogens with zero attached hydrogens (tertiary/aromatic N) is 3. The van der Waals surface area contributed by atoms with E-state index in [1.807, 2.05) is 38.2 Å². The second-order valence-corrected chi connectivity index (χ2v) is 6.55. The largest absolute Gasteiger partial charge is 0.369 e. The highest BCUT2D eigenvalue weighted by Crippen LogP contribution is 2.23. The third-order valence-corrected chi connectivity index (χ3v) is 4.71. The van der Waals surface area contributed by atoms with Crippen LogP contribution in [0.3, 0.4) is 0 Å². The van der Waals surface area contributed by atoms with Gasteiger partial charge in [-0.15, -0.1) is 0 Å². The van der Waals surface area contributed by atoms with Gasteiger partial charge >= 0.3 is 6.03 Å². The number of hydrogen-bond donors (Lipinski definition) is 2. The Kier molecular flexibility index (Phi) is 4.94. The van der Waals surface area contributed by atoms with Gasteiger partial charge in [-0.25, -0.2) is 4.79 Å². The summed E-state index contributed by atoms with van der Waals surface area (Å²) in [7, 11) is 1.89. The lowest BCUT2D eigenvalue weighted by atomic mass is 10.2. The normalized spacial score (nSPS) is 17.1. The van der Waals surface area contributed by atoms with Crippen molar-refractivity contribution in [3.05, 3.63) is 46.7 Å². The molecule has 3 rings (SSSR count). The predicted molar refractivity (Wildman–Crippen MR) is 95.4 cm³/mol. The number of carbonyl (C=O) groups excluding carboxylic acids is 1. The molecular weight excluding hydrogens is 326 g/mol. The summed E-state index contributed by atoms with van der Waals surface area (Å²) in [6.07, 6.45) is 2.71. The van der Waals surface area contributed by atoms with Crippen molar-refractivity contribution in [1.82, 2.24) is 20.4 Å². The second kappa shape index (κ2) is 7.13. The van der Waals surface area contributed by atoms with Gasteiger partial charge < -0.3 is 15.5 Å². The quantitative estimate of drug-likeness (QED) is 0.893. The number of benzene rings is 1. The van der Waals surface area contributed by atoms with E-state index in [9.17, 15) is 4.79 Å². The van der Waals surface area contributed by atoms with Crippen LogP contribution in [-0.2, 0) is 13.6 Å². The van der Waals surface area contributed by atoms with E-state index in [-0.39, 0.29) is 12.1 Å². The third-order valence-electron chi connectivity index (χ3n) is 4.47. The predicted octanol–water partition coefficient (Wildman–Crippen LogP) is 2.46. The smallest absolute Gasteiger partial charge is 0.315 e. The zero-order chi connectivity index (χ0) is 17.1. The average Bonchev–Trinajstić information content (AvgIpc) is 3.14. The number of urea groups is 1.